The zero-order valence-corrected chi connectivity index (χ0v) is 58.0. The Morgan fingerprint density at radius 2 is 0.913 bits per heavy atom. The minimum Gasteiger partial charge on any atom is -0.508 e. The Morgan fingerprint density at radius 1 is 0.466 bits per heavy atom. The Kier molecular flexibility index (Phi) is 26.6. The van der Waals surface area contributed by atoms with Gasteiger partial charge in [0.1, 0.15) is 17.2 Å². The lowest BCUT2D eigenvalue weighted by atomic mass is 9.95. The Bertz CT molecular complexity index is 4730. The van der Waals surface area contributed by atoms with E-state index in [0.717, 1.165) is 121 Å². The van der Waals surface area contributed by atoms with Gasteiger partial charge < -0.3 is 56.8 Å². The molecule has 10 aromatic rings. The van der Waals surface area contributed by atoms with Crippen LogP contribution in [0.15, 0.2) is 210 Å². The number of esters is 1. The van der Waals surface area contributed by atoms with Crippen molar-refractivity contribution < 1.29 is 48.1 Å². The third kappa shape index (κ3) is 19.8. The molecule has 9 N–H and O–H groups in total. The predicted molar refractivity (Wildman–Crippen MR) is 403 cm³/mol. The molecular formula is C83H82N8O11S. The van der Waals surface area contributed by atoms with Gasteiger partial charge in [-0.1, -0.05) is 115 Å². The number of ether oxygens (including phenoxy) is 2. The number of H-pyrrole nitrogens is 1. The Labute approximate surface area is 603 Å². The van der Waals surface area contributed by atoms with Crippen molar-refractivity contribution in [2.24, 2.45) is 5.73 Å². The summed E-state index contributed by atoms with van der Waals surface area (Å²) in [5, 5.41) is 26.2. The summed E-state index contributed by atoms with van der Waals surface area (Å²) < 4.78 is 11.4. The number of fused-ring (bicyclic) bond motifs is 8. The number of carbonyl (C=O) groups is 7. The van der Waals surface area contributed by atoms with E-state index >= 15 is 0 Å². The maximum Gasteiger partial charge on any atom is 0.343 e. The zero-order chi connectivity index (χ0) is 72.5. The molecule has 0 spiro atoms. The number of aromatic nitrogens is 1. The fourth-order valence-corrected chi connectivity index (χ4v) is 13.0. The quantitative estimate of drug-likeness (QED) is 0.0163. The molecule has 526 valence electrons. The summed E-state index contributed by atoms with van der Waals surface area (Å²) in [7, 11) is 0. The number of carbonyl (C=O) groups excluding carboxylic acids is 7. The first-order valence-corrected chi connectivity index (χ1v) is 34.9. The van der Waals surface area contributed by atoms with Crippen molar-refractivity contribution in [1.82, 2.24) is 36.5 Å². The minimum atomic E-state index is -0.412. The Balaban J connectivity index is 0.000000132. The van der Waals surface area contributed by atoms with E-state index < -0.39 is 5.97 Å². The highest BCUT2D eigenvalue weighted by atomic mass is 32.1. The first-order valence-electron chi connectivity index (χ1n) is 34.5. The predicted octanol–water partition coefficient (Wildman–Crippen LogP) is 11.2. The molecule has 1 aromatic heterocycles. The Hall–Kier alpha value is -11.8. The van der Waals surface area contributed by atoms with Crippen LogP contribution in [0.2, 0.25) is 0 Å². The first-order chi connectivity index (χ1) is 50.2. The highest BCUT2D eigenvalue weighted by Gasteiger charge is 2.24. The molecule has 19 nitrogen and oxygen atoms in total. The van der Waals surface area contributed by atoms with Gasteiger partial charge >= 0.3 is 5.97 Å². The van der Waals surface area contributed by atoms with Crippen molar-refractivity contribution in [2.75, 3.05) is 59.0 Å². The van der Waals surface area contributed by atoms with E-state index in [1.54, 1.807) is 84.9 Å². The topological polar surface area (TPSA) is 280 Å². The van der Waals surface area contributed by atoms with E-state index in [9.17, 15) is 43.5 Å². The number of nitrogens with one attached hydrogen (secondary N) is 6. The normalized spacial score (nSPS) is 14.3. The number of piperidine rings is 1. The van der Waals surface area contributed by atoms with E-state index in [1.807, 2.05) is 115 Å². The van der Waals surface area contributed by atoms with Crippen LogP contribution in [0.5, 0.6) is 17.2 Å². The number of pyridine rings is 1. The molecule has 0 unspecified atom stereocenters. The molecule has 103 heavy (non-hydrogen) atoms. The number of phenolic OH excluding ortho intramolecular Hbond substituents is 1. The van der Waals surface area contributed by atoms with Crippen molar-refractivity contribution in [1.29, 1.82) is 0 Å². The summed E-state index contributed by atoms with van der Waals surface area (Å²) >= 11 is 4.30. The number of hydrogen-bond donors (Lipinski definition) is 9. The molecule has 6 aliphatic heterocycles. The zero-order valence-electron chi connectivity index (χ0n) is 57.1. The van der Waals surface area contributed by atoms with Gasteiger partial charge in [0.2, 0.25) is 5.91 Å². The van der Waals surface area contributed by atoms with E-state index in [-0.39, 0.29) is 46.8 Å². The number of nitrogens with two attached hydrogens (primary N) is 1. The lowest BCUT2D eigenvalue weighted by molar-refractivity contribution is 0.0729. The smallest absolute Gasteiger partial charge is 0.343 e. The fourth-order valence-electron chi connectivity index (χ4n) is 12.7. The molecule has 0 saturated carbocycles. The molecule has 6 aliphatic rings. The lowest BCUT2D eigenvalue weighted by Gasteiger charge is -2.26. The molecule has 0 bridgehead atoms. The van der Waals surface area contributed by atoms with Crippen molar-refractivity contribution in [3.05, 3.63) is 283 Å². The van der Waals surface area contributed by atoms with Gasteiger partial charge in [0.05, 0.1) is 12.2 Å². The number of likely N-dealkylation sites (tertiary alicyclic amines) is 1. The van der Waals surface area contributed by atoms with Crippen LogP contribution in [0.25, 0.3) is 21.7 Å². The molecule has 1 saturated heterocycles. The monoisotopic (exact) mass is 1400 g/mol. The largest absolute Gasteiger partial charge is 0.508 e. The van der Waals surface area contributed by atoms with Crippen LogP contribution < -0.4 is 47.4 Å². The maximum atomic E-state index is 12.1. The van der Waals surface area contributed by atoms with E-state index in [0.29, 0.717) is 67.0 Å². The molecule has 0 radical (unpaired) electrons. The first kappa shape index (κ1) is 73.9. The highest BCUT2D eigenvalue weighted by Crippen LogP contribution is 2.29. The number of phenols is 1. The third-order valence-corrected chi connectivity index (χ3v) is 18.3. The number of thiol groups is 1. The van der Waals surface area contributed by atoms with Crippen molar-refractivity contribution >= 4 is 75.7 Å². The molecule has 20 heteroatoms. The van der Waals surface area contributed by atoms with Crippen LogP contribution >= 0.6 is 12.6 Å². The second-order valence-electron chi connectivity index (χ2n) is 24.7. The average molecular weight is 1400 g/mol. The Morgan fingerprint density at radius 3 is 1.47 bits per heavy atom. The van der Waals surface area contributed by atoms with Gasteiger partial charge in [0.15, 0.2) is 0 Å². The van der Waals surface area contributed by atoms with Gasteiger partial charge in [-0.2, -0.15) is 0 Å². The van der Waals surface area contributed by atoms with Gasteiger partial charge in [0, 0.05) is 110 Å². The number of rotatable bonds is 9. The number of nitrogens with zero attached hydrogens (tertiary/aromatic N) is 1. The molecular weight excluding hydrogens is 1320 g/mol. The summed E-state index contributed by atoms with van der Waals surface area (Å²) in [5.41, 5.74) is 15.9. The van der Waals surface area contributed by atoms with Crippen LogP contribution in [-0.2, 0) is 32.1 Å². The van der Waals surface area contributed by atoms with Crippen LogP contribution in [-0.4, -0.2) is 115 Å². The van der Waals surface area contributed by atoms with Crippen LogP contribution in [0.4, 0.5) is 0 Å². The van der Waals surface area contributed by atoms with Gasteiger partial charge in [-0.25, -0.2) is 4.79 Å². The van der Waals surface area contributed by atoms with E-state index in [2.05, 4.69) is 55.0 Å². The summed E-state index contributed by atoms with van der Waals surface area (Å²) in [5.74, 6) is 3.20. The number of aromatic amines is 1. The van der Waals surface area contributed by atoms with Crippen molar-refractivity contribution in [2.45, 2.75) is 69.1 Å². The number of hydrogen-bond acceptors (Lipinski definition) is 13. The third-order valence-electron chi connectivity index (χ3n) is 17.9. The highest BCUT2D eigenvalue weighted by molar-refractivity contribution is 7.80. The molecule has 1 fully saturated rings. The van der Waals surface area contributed by atoms with Crippen LogP contribution in [0, 0.1) is 12.3 Å². The van der Waals surface area contributed by atoms with Gasteiger partial charge in [-0.05, 0) is 191 Å². The SMILES string of the molecule is C#Cc1cccc2c1CCNC2=O.NC(=O)c1ccccc1.O=C(Oc1cccc2c1CCNC2=O)c1ccccc1.O=C1NCCc2c(O)cccc21.O=C1NCCc2c(OCCCCN3CCCCC3)cccc21.O=C1NCCc2c(S)cccc21.O=c1[nH]c2ccccc2c2ccccc12. The average Bonchev–Trinajstić information content (AvgIpc) is 0.785. The lowest BCUT2D eigenvalue weighted by Crippen LogP contribution is -2.32. The van der Waals surface area contributed by atoms with Crippen LogP contribution in [0.3, 0.4) is 0 Å². The summed E-state index contributed by atoms with van der Waals surface area (Å²) in [6.07, 6.45) is 15.7. The maximum absolute atomic E-state index is 12.1. The molecule has 0 atom stereocenters. The molecule has 16 rings (SSSR count). The molecule has 9 aromatic carbocycles. The van der Waals surface area contributed by atoms with E-state index in [4.69, 9.17) is 21.6 Å². The fraction of sp³-hybridized carbons (Fsp3) is 0.229. The second-order valence-corrected chi connectivity index (χ2v) is 25.1. The van der Waals surface area contributed by atoms with Crippen molar-refractivity contribution in [3.63, 3.8) is 0 Å². The molecule has 6 amide bonds. The van der Waals surface area contributed by atoms with E-state index in [1.165, 1.54) is 45.3 Å². The number of aromatic hydroxyl groups is 1. The number of benzene rings is 9. The minimum absolute atomic E-state index is 0.0154. The van der Waals surface area contributed by atoms with Gasteiger partial charge in [0.25, 0.3) is 35.1 Å². The number of unbranched alkanes of at least 4 members (excludes halogenated alkanes) is 1. The summed E-state index contributed by atoms with van der Waals surface area (Å²) in [4.78, 5) is 98.0. The standard InChI is InChI=1S/C18H26N2O2.C16H13NO3.C13H9NO.C11H9NO.C9H9NO2.C9H9NOS.C7H7NO/c21-18-16-7-6-8-17(15(16)9-10-19-18)22-14-5-4-13-20-11-2-1-3-12-20;18-15-13-7-4-8-14(12(13)9-10-17-15)20-16(19)11-5-2-1-3-6-11;15-13-11-7-2-1-5-9(11)10-6-3-4-8-12(10)14-13;1-2-8-4-3-5-10-9(8)6-7-12-11(10)13;11-8-3-1-2-7-6(8)4-5-10-9(7)12;11-9-7-2-1-3-8(12)6(7)4-5-10-9;8-7(9)6-4-2-1-3-5-6/h6-8H,1-5,9-14H2,(H,19,21);1-8H,9-10H2,(H,17,18);1-8H,(H,14,15);1,3-5H,6-7H2,(H,12,13);1-3,11H,4-5H2,(H,10,12);1-3,12H,4-5H2,(H,10,11);1-5H,(H2,8,9). The summed E-state index contributed by atoms with van der Waals surface area (Å²) in [6.45, 7) is 7.76. The summed E-state index contributed by atoms with van der Waals surface area (Å²) in [6, 6.07) is 60.1. The number of primary amides is 1. The number of para-hydroxylation sites is 1. The van der Waals surface area contributed by atoms with Crippen LogP contribution in [0.1, 0.15) is 138 Å². The second kappa shape index (κ2) is 37.0. The van der Waals surface area contributed by atoms with Gasteiger partial charge in [-0.15, -0.1) is 19.1 Å². The number of terminal acetylenes is 1. The number of amides is 6. The van der Waals surface area contributed by atoms with Gasteiger partial charge in [-0.3, -0.25) is 33.6 Å². The molecule has 0 aliphatic carbocycles. The van der Waals surface area contributed by atoms with Crippen molar-refractivity contribution in [3.8, 4) is 29.6 Å². The molecule has 7 heterocycles.